The van der Waals surface area contributed by atoms with Gasteiger partial charge in [-0.3, -0.25) is 5.41 Å². The Kier molecular flexibility index (Phi) is 4.66. The molecule has 0 aromatic carbocycles. The van der Waals surface area contributed by atoms with Crippen LogP contribution in [0.3, 0.4) is 0 Å². The Balaban J connectivity index is 3.25. The highest BCUT2D eigenvalue weighted by Gasteiger charge is 1.99. The van der Waals surface area contributed by atoms with Gasteiger partial charge < -0.3 is 16.2 Å². The second kappa shape index (κ2) is 5.05. The summed E-state index contributed by atoms with van der Waals surface area (Å²) in [7, 11) is 0. The van der Waals surface area contributed by atoms with E-state index in [9.17, 15) is 0 Å². The summed E-state index contributed by atoms with van der Waals surface area (Å²) in [4.78, 5) is 0. The average molecular weight is 145 g/mol. The van der Waals surface area contributed by atoms with Crippen molar-refractivity contribution in [3.8, 4) is 0 Å². The van der Waals surface area contributed by atoms with E-state index in [1.165, 1.54) is 0 Å². The molecule has 4 nitrogen and oxygen atoms in total. The third-order valence-corrected chi connectivity index (χ3v) is 1.20. The molecule has 1 unspecified atom stereocenters. The molecule has 0 radical (unpaired) electrons. The van der Waals surface area contributed by atoms with Gasteiger partial charge in [0.1, 0.15) is 0 Å². The number of nitrogens with one attached hydrogen (secondary N) is 2. The number of aliphatic hydroxyl groups is 1. The van der Waals surface area contributed by atoms with E-state index in [1.807, 2.05) is 6.92 Å². The summed E-state index contributed by atoms with van der Waals surface area (Å²) in [6.07, 6.45) is 1.59. The van der Waals surface area contributed by atoms with Gasteiger partial charge in [-0.1, -0.05) is 0 Å². The van der Waals surface area contributed by atoms with Crippen LogP contribution in [0.25, 0.3) is 0 Å². The van der Waals surface area contributed by atoms with Crippen molar-refractivity contribution >= 4 is 5.96 Å². The summed E-state index contributed by atoms with van der Waals surface area (Å²) in [5.41, 5.74) is 5.07. The van der Waals surface area contributed by atoms with Crippen LogP contribution in [0.1, 0.15) is 19.8 Å². The summed E-state index contributed by atoms with van der Waals surface area (Å²) < 4.78 is 0. The number of hydrogen-bond acceptors (Lipinski definition) is 2. The topological polar surface area (TPSA) is 82.1 Å². The van der Waals surface area contributed by atoms with Crippen molar-refractivity contribution in [2.45, 2.75) is 25.8 Å². The third kappa shape index (κ3) is 5.37. The van der Waals surface area contributed by atoms with Crippen LogP contribution >= 0.6 is 0 Å². The minimum absolute atomic E-state index is 0.00885. The molecule has 10 heavy (non-hydrogen) atoms. The van der Waals surface area contributed by atoms with Crippen LogP contribution in [0.2, 0.25) is 0 Å². The maximum atomic E-state index is 8.44. The number of rotatable bonds is 4. The summed E-state index contributed by atoms with van der Waals surface area (Å²) >= 11 is 0. The molecule has 0 amide bonds. The first-order chi connectivity index (χ1) is 4.66. The standard InChI is InChI=1S/C6H15N3O/c1-5(3-2-4-10)9-6(7)8/h5,10H,2-4H2,1H3,(H4,7,8,9). The Morgan fingerprint density at radius 2 is 2.40 bits per heavy atom. The Labute approximate surface area is 60.9 Å². The van der Waals surface area contributed by atoms with Gasteiger partial charge in [0.05, 0.1) is 0 Å². The fourth-order valence-corrected chi connectivity index (χ4v) is 0.735. The minimum Gasteiger partial charge on any atom is -0.396 e. The van der Waals surface area contributed by atoms with Gasteiger partial charge in [0, 0.05) is 12.6 Å². The van der Waals surface area contributed by atoms with Gasteiger partial charge in [-0.25, -0.2) is 0 Å². The van der Waals surface area contributed by atoms with Crippen LogP contribution in [-0.4, -0.2) is 23.7 Å². The zero-order valence-corrected chi connectivity index (χ0v) is 6.22. The lowest BCUT2D eigenvalue weighted by molar-refractivity contribution is 0.279. The SMILES string of the molecule is CC(CCCO)NC(=N)N. The van der Waals surface area contributed by atoms with Gasteiger partial charge in [-0.05, 0) is 19.8 Å². The lowest BCUT2D eigenvalue weighted by Gasteiger charge is -2.11. The second-order valence-corrected chi connectivity index (χ2v) is 2.32. The van der Waals surface area contributed by atoms with Gasteiger partial charge in [-0.15, -0.1) is 0 Å². The predicted molar refractivity (Wildman–Crippen MR) is 40.8 cm³/mol. The van der Waals surface area contributed by atoms with E-state index < -0.39 is 0 Å². The van der Waals surface area contributed by atoms with Crippen molar-refractivity contribution in [2.24, 2.45) is 5.73 Å². The van der Waals surface area contributed by atoms with Gasteiger partial charge in [0.25, 0.3) is 0 Å². The highest BCUT2D eigenvalue weighted by Crippen LogP contribution is 1.93. The number of nitrogens with two attached hydrogens (primary N) is 1. The zero-order valence-electron chi connectivity index (χ0n) is 6.22. The van der Waals surface area contributed by atoms with E-state index in [0.29, 0.717) is 0 Å². The smallest absolute Gasteiger partial charge is 0.185 e. The molecule has 0 aliphatic heterocycles. The van der Waals surface area contributed by atoms with E-state index in [-0.39, 0.29) is 18.6 Å². The molecule has 0 saturated carbocycles. The van der Waals surface area contributed by atoms with Gasteiger partial charge in [0.2, 0.25) is 0 Å². The Morgan fingerprint density at radius 3 is 2.80 bits per heavy atom. The Hall–Kier alpha value is -0.770. The normalized spacial score (nSPS) is 12.6. The molecule has 0 spiro atoms. The summed E-state index contributed by atoms with van der Waals surface area (Å²) in [6, 6.07) is 0.185. The largest absolute Gasteiger partial charge is 0.396 e. The van der Waals surface area contributed by atoms with Crippen molar-refractivity contribution < 1.29 is 5.11 Å². The summed E-state index contributed by atoms with van der Waals surface area (Å²) in [5, 5.41) is 18.0. The first-order valence-corrected chi connectivity index (χ1v) is 3.38. The molecular weight excluding hydrogens is 130 g/mol. The molecule has 0 heterocycles. The molecule has 1 atom stereocenters. The van der Waals surface area contributed by atoms with Gasteiger partial charge >= 0.3 is 0 Å². The first kappa shape index (κ1) is 9.23. The molecule has 0 rings (SSSR count). The highest BCUT2D eigenvalue weighted by molar-refractivity contribution is 5.74. The van der Waals surface area contributed by atoms with E-state index in [2.05, 4.69) is 5.32 Å². The van der Waals surface area contributed by atoms with Crippen LogP contribution < -0.4 is 11.1 Å². The van der Waals surface area contributed by atoms with E-state index >= 15 is 0 Å². The predicted octanol–water partition coefficient (Wildman–Crippen LogP) is -0.370. The number of aliphatic hydroxyl groups excluding tert-OH is 1. The fraction of sp³-hybridized carbons (Fsp3) is 0.833. The number of hydrogen-bond donors (Lipinski definition) is 4. The zero-order chi connectivity index (χ0) is 7.98. The van der Waals surface area contributed by atoms with Crippen molar-refractivity contribution in [1.29, 1.82) is 5.41 Å². The van der Waals surface area contributed by atoms with Crippen molar-refractivity contribution in [3.05, 3.63) is 0 Å². The van der Waals surface area contributed by atoms with E-state index in [1.54, 1.807) is 0 Å². The van der Waals surface area contributed by atoms with E-state index in [0.717, 1.165) is 12.8 Å². The fourth-order valence-electron chi connectivity index (χ4n) is 0.735. The molecule has 0 bridgehead atoms. The summed E-state index contributed by atoms with van der Waals surface area (Å²) in [5.74, 6) is -0.00885. The molecule has 0 saturated heterocycles. The monoisotopic (exact) mass is 145 g/mol. The molecule has 60 valence electrons. The molecular formula is C6H15N3O. The van der Waals surface area contributed by atoms with Crippen LogP contribution in [-0.2, 0) is 0 Å². The molecule has 5 N–H and O–H groups in total. The molecule has 0 aromatic rings. The lowest BCUT2D eigenvalue weighted by Crippen LogP contribution is -2.37. The first-order valence-electron chi connectivity index (χ1n) is 3.38. The maximum Gasteiger partial charge on any atom is 0.185 e. The summed E-state index contributed by atoms with van der Waals surface area (Å²) in [6.45, 7) is 2.13. The lowest BCUT2D eigenvalue weighted by atomic mass is 10.2. The van der Waals surface area contributed by atoms with Crippen molar-refractivity contribution in [1.82, 2.24) is 5.32 Å². The Bertz CT molecular complexity index is 105. The van der Waals surface area contributed by atoms with Gasteiger partial charge in [0.15, 0.2) is 5.96 Å². The van der Waals surface area contributed by atoms with Crippen LogP contribution in [0.5, 0.6) is 0 Å². The van der Waals surface area contributed by atoms with Crippen LogP contribution in [0, 0.1) is 5.41 Å². The average Bonchev–Trinajstić information content (AvgIpc) is 1.82. The van der Waals surface area contributed by atoms with Gasteiger partial charge in [-0.2, -0.15) is 0 Å². The maximum absolute atomic E-state index is 8.44. The molecule has 0 aliphatic carbocycles. The molecule has 0 aliphatic rings. The highest BCUT2D eigenvalue weighted by atomic mass is 16.2. The molecule has 0 fully saturated rings. The van der Waals surface area contributed by atoms with Crippen LogP contribution in [0.15, 0.2) is 0 Å². The Morgan fingerprint density at radius 1 is 1.80 bits per heavy atom. The minimum atomic E-state index is -0.00885. The second-order valence-electron chi connectivity index (χ2n) is 2.32. The quantitative estimate of drug-likeness (QED) is 0.322. The third-order valence-electron chi connectivity index (χ3n) is 1.20. The van der Waals surface area contributed by atoms with E-state index in [4.69, 9.17) is 16.2 Å². The molecule has 0 aromatic heterocycles. The van der Waals surface area contributed by atoms with Crippen molar-refractivity contribution in [2.75, 3.05) is 6.61 Å². The molecule has 4 heteroatoms. The number of guanidine groups is 1. The van der Waals surface area contributed by atoms with Crippen molar-refractivity contribution in [3.63, 3.8) is 0 Å². The van der Waals surface area contributed by atoms with Crippen LogP contribution in [0.4, 0.5) is 0 Å².